The molecule has 3 aromatic carbocycles. The van der Waals surface area contributed by atoms with Crippen molar-refractivity contribution in [1.29, 1.82) is 0 Å². The van der Waals surface area contributed by atoms with Gasteiger partial charge >= 0.3 is 5.97 Å². The second-order valence-corrected chi connectivity index (χ2v) is 7.69. The van der Waals surface area contributed by atoms with Gasteiger partial charge in [0.1, 0.15) is 6.04 Å². The predicted octanol–water partition coefficient (Wildman–Crippen LogP) is 3.10. The molecule has 0 heterocycles. The Morgan fingerprint density at radius 2 is 1.33 bits per heavy atom. The molecule has 0 aliphatic heterocycles. The van der Waals surface area contributed by atoms with E-state index in [4.69, 9.17) is 11.5 Å². The van der Waals surface area contributed by atoms with Gasteiger partial charge in [0, 0.05) is 18.0 Å². The molecule has 6 N–H and O–H groups in total. The first-order valence-corrected chi connectivity index (χ1v) is 10.7. The van der Waals surface area contributed by atoms with Gasteiger partial charge in [0.05, 0.1) is 0 Å². The zero-order valence-electron chi connectivity index (χ0n) is 18.2. The normalized spacial score (nSPS) is 11.5. The fourth-order valence-electron chi connectivity index (χ4n) is 3.70. The molecule has 0 radical (unpaired) electrons. The fourth-order valence-corrected chi connectivity index (χ4v) is 3.70. The van der Waals surface area contributed by atoms with Crippen LogP contribution in [-0.2, 0) is 4.79 Å². The number of rotatable bonds is 10. The van der Waals surface area contributed by atoms with Crippen LogP contribution in [0.3, 0.4) is 0 Å². The van der Waals surface area contributed by atoms with E-state index in [0.717, 1.165) is 16.7 Å². The van der Waals surface area contributed by atoms with Gasteiger partial charge in [-0.2, -0.15) is 0 Å². The highest BCUT2D eigenvalue weighted by Gasteiger charge is 2.21. The molecule has 0 spiro atoms. The van der Waals surface area contributed by atoms with E-state index in [-0.39, 0.29) is 18.3 Å². The van der Waals surface area contributed by atoms with E-state index in [9.17, 15) is 14.7 Å². The molecule has 1 amide bonds. The van der Waals surface area contributed by atoms with E-state index in [1.807, 2.05) is 48.5 Å². The second-order valence-electron chi connectivity index (χ2n) is 7.69. The number of hydrogen-bond acceptors (Lipinski definition) is 3. The van der Waals surface area contributed by atoms with Crippen LogP contribution < -0.4 is 16.8 Å². The molecule has 0 aliphatic rings. The first kappa shape index (κ1) is 23.5. The number of aliphatic imine (C=N–C) groups is 1. The molecule has 7 heteroatoms. The van der Waals surface area contributed by atoms with Crippen LogP contribution >= 0.6 is 0 Å². The molecule has 170 valence electrons. The number of carbonyl (C=O) groups excluding carboxylic acids is 1. The Hall–Kier alpha value is -4.13. The molecular weight excluding hydrogens is 416 g/mol. The highest BCUT2D eigenvalue weighted by Crippen LogP contribution is 2.31. The van der Waals surface area contributed by atoms with Crippen molar-refractivity contribution in [2.24, 2.45) is 16.5 Å². The van der Waals surface area contributed by atoms with E-state index in [1.165, 1.54) is 0 Å². The topological polar surface area (TPSA) is 131 Å². The Bertz CT molecular complexity index is 1040. The van der Waals surface area contributed by atoms with Gasteiger partial charge in [-0.25, -0.2) is 4.79 Å². The first-order valence-electron chi connectivity index (χ1n) is 10.7. The zero-order chi connectivity index (χ0) is 23.6. The Balaban J connectivity index is 1.75. The van der Waals surface area contributed by atoms with Gasteiger partial charge in [-0.1, -0.05) is 72.8 Å². The Morgan fingerprint density at radius 1 is 0.818 bits per heavy atom. The molecule has 33 heavy (non-hydrogen) atoms. The number of guanidine groups is 1. The average molecular weight is 445 g/mol. The van der Waals surface area contributed by atoms with Gasteiger partial charge in [0.25, 0.3) is 5.91 Å². The van der Waals surface area contributed by atoms with Crippen molar-refractivity contribution in [1.82, 2.24) is 5.32 Å². The summed E-state index contributed by atoms with van der Waals surface area (Å²) in [7, 11) is 0. The number of carboxylic acids is 1. The van der Waals surface area contributed by atoms with Gasteiger partial charge < -0.3 is 21.9 Å². The lowest BCUT2D eigenvalue weighted by Crippen LogP contribution is -2.40. The van der Waals surface area contributed by atoms with E-state index < -0.39 is 17.9 Å². The summed E-state index contributed by atoms with van der Waals surface area (Å²) < 4.78 is 0. The monoisotopic (exact) mass is 444 g/mol. The van der Waals surface area contributed by atoms with Crippen LogP contribution in [0, 0.1) is 0 Å². The van der Waals surface area contributed by atoms with E-state index in [1.54, 1.807) is 12.1 Å². The van der Waals surface area contributed by atoms with Crippen LogP contribution in [0.2, 0.25) is 0 Å². The molecule has 0 unspecified atom stereocenters. The van der Waals surface area contributed by atoms with Crippen LogP contribution in [-0.4, -0.2) is 35.5 Å². The maximum absolute atomic E-state index is 12.7. The highest BCUT2D eigenvalue weighted by molar-refractivity contribution is 5.96. The summed E-state index contributed by atoms with van der Waals surface area (Å²) in [6, 6.07) is 26.6. The quantitative estimate of drug-likeness (QED) is 0.165. The first-order chi connectivity index (χ1) is 16.0. The minimum atomic E-state index is -1.10. The number of nitrogens with one attached hydrogen (secondary N) is 1. The van der Waals surface area contributed by atoms with Crippen LogP contribution in [0.4, 0.5) is 0 Å². The molecule has 0 saturated carbocycles. The number of nitrogens with zero attached hydrogens (tertiary/aromatic N) is 1. The Morgan fingerprint density at radius 3 is 1.82 bits per heavy atom. The van der Waals surface area contributed by atoms with Crippen LogP contribution in [0.25, 0.3) is 0 Å². The summed E-state index contributed by atoms with van der Waals surface area (Å²) in [5, 5.41) is 12.0. The van der Waals surface area contributed by atoms with Crippen LogP contribution in [0.5, 0.6) is 0 Å². The third-order valence-electron chi connectivity index (χ3n) is 5.32. The molecule has 0 aliphatic carbocycles. The number of carbonyl (C=O) groups is 2. The van der Waals surface area contributed by atoms with Gasteiger partial charge in [-0.3, -0.25) is 9.79 Å². The Kier molecular flexibility index (Phi) is 8.18. The summed E-state index contributed by atoms with van der Waals surface area (Å²) in [5.41, 5.74) is 14.3. The van der Waals surface area contributed by atoms with Crippen molar-refractivity contribution in [2.75, 3.05) is 6.54 Å². The fraction of sp³-hybridized carbons (Fsp3) is 0.192. The SMILES string of the molecule is NC(N)=NCCC[C@@H](NC(=O)c1ccc(C(c2ccccc2)c2ccccc2)cc1)C(=O)O. The average Bonchev–Trinajstić information content (AvgIpc) is 2.82. The number of hydrogen-bond donors (Lipinski definition) is 4. The molecule has 0 fully saturated rings. The van der Waals surface area contributed by atoms with Crippen molar-refractivity contribution in [3.05, 3.63) is 107 Å². The smallest absolute Gasteiger partial charge is 0.326 e. The number of aliphatic carboxylic acids is 1. The van der Waals surface area contributed by atoms with Crippen molar-refractivity contribution in [3.63, 3.8) is 0 Å². The van der Waals surface area contributed by atoms with Gasteiger partial charge in [-0.05, 0) is 41.7 Å². The van der Waals surface area contributed by atoms with Crippen molar-refractivity contribution in [2.45, 2.75) is 24.8 Å². The lowest BCUT2D eigenvalue weighted by molar-refractivity contribution is -0.139. The molecule has 1 atom stereocenters. The number of amides is 1. The number of nitrogens with two attached hydrogens (primary N) is 2. The lowest BCUT2D eigenvalue weighted by atomic mass is 9.85. The maximum Gasteiger partial charge on any atom is 0.326 e. The molecular formula is C26H28N4O3. The van der Waals surface area contributed by atoms with Crippen LogP contribution in [0.15, 0.2) is 89.9 Å². The molecule has 0 bridgehead atoms. The minimum Gasteiger partial charge on any atom is -0.480 e. The standard InChI is InChI=1S/C26H28N4O3/c27-26(28)29-17-7-12-22(25(32)33)30-24(31)21-15-13-20(14-16-21)23(18-8-3-1-4-9-18)19-10-5-2-6-11-19/h1-6,8-11,13-16,22-23H,7,12,17H2,(H,30,31)(H,32,33)(H4,27,28,29)/t22-/m1/s1. The van der Waals surface area contributed by atoms with Crippen molar-refractivity contribution >= 4 is 17.8 Å². The zero-order valence-corrected chi connectivity index (χ0v) is 18.2. The molecule has 0 aromatic heterocycles. The number of benzene rings is 3. The minimum absolute atomic E-state index is 0.0202. The summed E-state index contributed by atoms with van der Waals surface area (Å²) in [6.45, 7) is 0.303. The van der Waals surface area contributed by atoms with E-state index in [2.05, 4.69) is 34.6 Å². The molecule has 0 saturated heterocycles. The van der Waals surface area contributed by atoms with Gasteiger partial charge in [0.15, 0.2) is 5.96 Å². The molecule has 3 rings (SSSR count). The summed E-state index contributed by atoms with van der Waals surface area (Å²) >= 11 is 0. The molecule has 3 aromatic rings. The summed E-state index contributed by atoms with van der Waals surface area (Å²) in [6.07, 6.45) is 0.657. The number of carboxylic acid groups (broad SMARTS) is 1. The van der Waals surface area contributed by atoms with Gasteiger partial charge in [-0.15, -0.1) is 0 Å². The van der Waals surface area contributed by atoms with Crippen molar-refractivity contribution < 1.29 is 14.7 Å². The van der Waals surface area contributed by atoms with Crippen molar-refractivity contribution in [3.8, 4) is 0 Å². The Labute approximate surface area is 193 Å². The van der Waals surface area contributed by atoms with Crippen LogP contribution in [0.1, 0.15) is 45.8 Å². The third-order valence-corrected chi connectivity index (χ3v) is 5.32. The van der Waals surface area contributed by atoms with E-state index in [0.29, 0.717) is 18.5 Å². The second kappa shape index (κ2) is 11.5. The maximum atomic E-state index is 12.7. The summed E-state index contributed by atoms with van der Waals surface area (Å²) in [5.74, 6) is -1.56. The largest absolute Gasteiger partial charge is 0.480 e. The molecule has 7 nitrogen and oxygen atoms in total. The third kappa shape index (κ3) is 6.67. The van der Waals surface area contributed by atoms with E-state index >= 15 is 0 Å². The predicted molar refractivity (Wildman–Crippen MR) is 129 cm³/mol. The van der Waals surface area contributed by atoms with Gasteiger partial charge in [0.2, 0.25) is 0 Å². The lowest BCUT2D eigenvalue weighted by Gasteiger charge is -2.19. The highest BCUT2D eigenvalue weighted by atomic mass is 16.4. The summed E-state index contributed by atoms with van der Waals surface area (Å²) in [4.78, 5) is 28.1.